The van der Waals surface area contributed by atoms with E-state index in [4.69, 9.17) is 0 Å². The Morgan fingerprint density at radius 1 is 0.943 bits per heavy atom. The summed E-state index contributed by atoms with van der Waals surface area (Å²) in [7, 11) is 0. The number of rotatable bonds is 14. The molecule has 3 N–H and O–H groups in total. The molecule has 8 nitrogen and oxygen atoms in total. The minimum atomic E-state index is -0.791. The average molecular weight is 489 g/mol. The van der Waals surface area contributed by atoms with Crippen LogP contribution in [0.1, 0.15) is 59.9 Å². The molecule has 0 bridgehead atoms. The molecular formula is C27H44N4O4. The van der Waals surface area contributed by atoms with Gasteiger partial charge in [0.05, 0.1) is 18.4 Å². The largest absolute Gasteiger partial charge is 0.295 e. The van der Waals surface area contributed by atoms with E-state index in [1.807, 2.05) is 88.9 Å². The lowest BCUT2D eigenvalue weighted by Gasteiger charge is -2.31. The number of likely N-dealkylation sites (N-methyl/N-ethyl adjacent to an activating group) is 1. The smallest absolute Gasteiger partial charge is 0.255 e. The molecule has 0 heterocycles. The Labute approximate surface area is 210 Å². The van der Waals surface area contributed by atoms with Crippen molar-refractivity contribution in [2.75, 3.05) is 26.2 Å². The number of hydrazine groups is 1. The molecule has 1 aromatic carbocycles. The van der Waals surface area contributed by atoms with Crippen LogP contribution in [0.3, 0.4) is 0 Å². The van der Waals surface area contributed by atoms with Gasteiger partial charge in [0.1, 0.15) is 0 Å². The fourth-order valence-corrected chi connectivity index (χ4v) is 3.93. The Morgan fingerprint density at radius 2 is 1.57 bits per heavy atom. The summed E-state index contributed by atoms with van der Waals surface area (Å²) in [5.74, 6) is -2.44. The highest BCUT2D eigenvalue weighted by molar-refractivity contribution is 5.89. The third-order valence-corrected chi connectivity index (χ3v) is 5.84. The molecule has 0 aromatic heterocycles. The van der Waals surface area contributed by atoms with Crippen LogP contribution < -0.4 is 10.9 Å². The molecule has 35 heavy (non-hydrogen) atoms. The lowest BCUT2D eigenvalue weighted by atomic mass is 9.82. The van der Waals surface area contributed by atoms with E-state index in [1.165, 1.54) is 5.01 Å². The monoisotopic (exact) mass is 488 g/mol. The molecule has 0 spiro atoms. The van der Waals surface area contributed by atoms with Gasteiger partial charge in [-0.25, -0.2) is 5.48 Å². The second-order valence-electron chi connectivity index (χ2n) is 9.70. The van der Waals surface area contributed by atoms with E-state index in [0.29, 0.717) is 13.0 Å². The highest BCUT2D eigenvalue weighted by Gasteiger charge is 2.35. The van der Waals surface area contributed by atoms with Gasteiger partial charge in [-0.1, -0.05) is 84.0 Å². The van der Waals surface area contributed by atoms with Crippen molar-refractivity contribution in [3.63, 3.8) is 0 Å². The molecule has 0 saturated heterocycles. The maximum Gasteiger partial charge on any atom is 0.255 e. The average Bonchev–Trinajstić information content (AvgIpc) is 2.83. The summed E-state index contributed by atoms with van der Waals surface area (Å²) in [6.07, 6.45) is 4.43. The lowest BCUT2D eigenvalue weighted by Crippen LogP contribution is -2.54. The first-order valence-corrected chi connectivity index (χ1v) is 12.6. The van der Waals surface area contributed by atoms with Crippen LogP contribution in [0.15, 0.2) is 36.4 Å². The van der Waals surface area contributed by atoms with E-state index in [9.17, 15) is 19.6 Å². The van der Waals surface area contributed by atoms with Gasteiger partial charge in [-0.15, -0.1) is 0 Å². The van der Waals surface area contributed by atoms with Gasteiger partial charge in [-0.05, 0) is 43.3 Å². The summed E-state index contributed by atoms with van der Waals surface area (Å²) in [6.45, 7) is 13.9. The van der Waals surface area contributed by atoms with E-state index in [2.05, 4.69) is 5.43 Å². The van der Waals surface area contributed by atoms with Crippen LogP contribution in [0.5, 0.6) is 0 Å². The molecule has 0 fully saturated rings. The van der Waals surface area contributed by atoms with Gasteiger partial charge < -0.3 is 0 Å². The molecule has 0 aliphatic rings. The van der Waals surface area contributed by atoms with Crippen LogP contribution in [0, 0.1) is 23.7 Å². The van der Waals surface area contributed by atoms with Crippen LogP contribution in [0.25, 0.3) is 6.08 Å². The third kappa shape index (κ3) is 11.0. The van der Waals surface area contributed by atoms with Gasteiger partial charge in [0, 0.05) is 6.54 Å². The van der Waals surface area contributed by atoms with Crippen molar-refractivity contribution in [3.05, 3.63) is 42.0 Å². The molecular weight excluding hydrogens is 444 g/mol. The summed E-state index contributed by atoms with van der Waals surface area (Å²) in [5.41, 5.74) is 5.52. The summed E-state index contributed by atoms with van der Waals surface area (Å²) >= 11 is 0. The van der Waals surface area contributed by atoms with Crippen LogP contribution in [0.4, 0.5) is 0 Å². The Bertz CT molecular complexity index is 807. The third-order valence-electron chi connectivity index (χ3n) is 5.84. The van der Waals surface area contributed by atoms with Gasteiger partial charge in [0.15, 0.2) is 0 Å². The van der Waals surface area contributed by atoms with E-state index >= 15 is 0 Å². The maximum atomic E-state index is 13.5. The quantitative estimate of drug-likeness (QED) is 0.274. The highest BCUT2D eigenvalue weighted by atomic mass is 16.5. The van der Waals surface area contributed by atoms with E-state index in [-0.39, 0.29) is 30.7 Å². The number of carbonyl (C=O) groups is 3. The van der Waals surface area contributed by atoms with Crippen molar-refractivity contribution in [1.29, 1.82) is 0 Å². The normalized spacial score (nSPS) is 13.3. The predicted octanol–water partition coefficient (Wildman–Crippen LogP) is 3.73. The fraction of sp³-hybridized carbons (Fsp3) is 0.593. The molecule has 1 aromatic rings. The van der Waals surface area contributed by atoms with Gasteiger partial charge >= 0.3 is 0 Å². The van der Waals surface area contributed by atoms with Crippen LogP contribution >= 0.6 is 0 Å². The molecule has 8 heteroatoms. The first-order chi connectivity index (χ1) is 16.6. The summed E-state index contributed by atoms with van der Waals surface area (Å²) in [5, 5.41) is 10.8. The fourth-order valence-electron chi connectivity index (χ4n) is 3.93. The van der Waals surface area contributed by atoms with Gasteiger partial charge in [-0.3, -0.25) is 34.9 Å². The second-order valence-corrected chi connectivity index (χ2v) is 9.70. The Kier molecular flexibility index (Phi) is 13.9. The van der Waals surface area contributed by atoms with Crippen LogP contribution in [-0.2, 0) is 14.4 Å². The first kappa shape index (κ1) is 30.3. The number of nitrogens with one attached hydrogen (secondary N) is 2. The number of carbonyl (C=O) groups excluding carboxylic acids is 3. The van der Waals surface area contributed by atoms with Crippen molar-refractivity contribution < 1.29 is 19.6 Å². The van der Waals surface area contributed by atoms with Crippen molar-refractivity contribution in [2.24, 2.45) is 23.7 Å². The van der Waals surface area contributed by atoms with E-state index < -0.39 is 23.7 Å². The summed E-state index contributed by atoms with van der Waals surface area (Å²) in [6, 6.07) is 9.66. The zero-order valence-corrected chi connectivity index (χ0v) is 22.2. The van der Waals surface area contributed by atoms with Crippen LogP contribution in [-0.4, -0.2) is 59.0 Å². The molecule has 1 rings (SSSR count). The maximum absolute atomic E-state index is 13.5. The molecule has 2 atom stereocenters. The van der Waals surface area contributed by atoms with Crippen molar-refractivity contribution in [1.82, 2.24) is 20.8 Å². The van der Waals surface area contributed by atoms with Crippen molar-refractivity contribution >= 4 is 23.8 Å². The van der Waals surface area contributed by atoms with Crippen molar-refractivity contribution in [3.8, 4) is 0 Å². The Hall–Kier alpha value is -2.71. The number of hydroxylamine groups is 1. The SMILES string of the molecule is CCN(CC)CC(=O)N(CC(C)C)NC(=O)[C@H](CC(C)C)[C@H](C/C=C/c1ccccc1)C(=O)NO. The topological polar surface area (TPSA) is 102 Å². The number of benzene rings is 1. The molecule has 0 aliphatic heterocycles. The standard InChI is InChI=1S/C27H44N4O4/c1-7-30(8-2)19-25(32)31(18-21(5)6)28-26(33)24(17-20(3)4)23(27(34)29-35)16-12-15-22-13-10-9-11-14-22/h9-15,20-21,23-24,35H,7-8,16-19H2,1-6H3,(H,28,33)(H,29,34)/b15-12+/t23-,24+/m0/s1. The zero-order chi connectivity index (χ0) is 26.4. The molecule has 0 saturated carbocycles. The first-order valence-electron chi connectivity index (χ1n) is 12.6. The minimum Gasteiger partial charge on any atom is -0.295 e. The number of allylic oxidation sites excluding steroid dienone is 1. The van der Waals surface area contributed by atoms with Gasteiger partial charge in [-0.2, -0.15) is 0 Å². The van der Waals surface area contributed by atoms with E-state index in [0.717, 1.165) is 18.7 Å². The second kappa shape index (κ2) is 16.1. The minimum absolute atomic E-state index is 0.128. The molecule has 0 radical (unpaired) electrons. The molecule has 0 aliphatic carbocycles. The number of hydrogen-bond donors (Lipinski definition) is 3. The lowest BCUT2D eigenvalue weighted by molar-refractivity contribution is -0.148. The summed E-state index contributed by atoms with van der Waals surface area (Å²) < 4.78 is 0. The molecule has 0 unspecified atom stereocenters. The van der Waals surface area contributed by atoms with Crippen LogP contribution in [0.2, 0.25) is 0 Å². The van der Waals surface area contributed by atoms with Gasteiger partial charge in [0.2, 0.25) is 11.8 Å². The highest BCUT2D eigenvalue weighted by Crippen LogP contribution is 2.25. The number of amides is 3. The van der Waals surface area contributed by atoms with Crippen molar-refractivity contribution in [2.45, 2.75) is 54.4 Å². The molecule has 3 amide bonds. The number of hydrogen-bond acceptors (Lipinski definition) is 5. The predicted molar refractivity (Wildman–Crippen MR) is 139 cm³/mol. The molecule has 196 valence electrons. The van der Waals surface area contributed by atoms with Gasteiger partial charge in [0.25, 0.3) is 5.91 Å². The zero-order valence-electron chi connectivity index (χ0n) is 22.2. The summed E-state index contributed by atoms with van der Waals surface area (Å²) in [4.78, 5) is 41.1. The number of nitrogens with zero attached hydrogens (tertiary/aromatic N) is 2. The Balaban J connectivity index is 3.14. The van der Waals surface area contributed by atoms with E-state index in [1.54, 1.807) is 5.48 Å². The Morgan fingerprint density at radius 3 is 2.09 bits per heavy atom.